The average Bonchev–Trinajstić information content (AvgIpc) is 3.04. The highest BCUT2D eigenvalue weighted by Crippen LogP contribution is 2.40. The number of amides is 2. The van der Waals surface area contributed by atoms with Gasteiger partial charge in [-0.05, 0) is 52.8 Å². The zero-order valence-corrected chi connectivity index (χ0v) is 20.5. The van der Waals surface area contributed by atoms with E-state index < -0.39 is 50.0 Å². The van der Waals surface area contributed by atoms with E-state index in [0.717, 1.165) is 4.90 Å². The number of rotatable bonds is 4. The van der Waals surface area contributed by atoms with Crippen LogP contribution in [0.5, 0.6) is 0 Å². The van der Waals surface area contributed by atoms with Gasteiger partial charge in [-0.1, -0.05) is 26.8 Å². The van der Waals surface area contributed by atoms with Crippen molar-refractivity contribution in [2.45, 2.75) is 103 Å². The van der Waals surface area contributed by atoms with Crippen molar-refractivity contribution in [1.29, 1.82) is 0 Å². The number of carbonyl (C=O) groups excluding carboxylic acids is 2. The van der Waals surface area contributed by atoms with E-state index in [1.807, 2.05) is 13.8 Å². The molecule has 0 aromatic rings. The van der Waals surface area contributed by atoms with E-state index in [1.165, 1.54) is 6.08 Å². The van der Waals surface area contributed by atoms with Crippen LogP contribution >= 0.6 is 0 Å². The van der Waals surface area contributed by atoms with Crippen molar-refractivity contribution in [3.63, 3.8) is 0 Å². The maximum absolute atomic E-state index is 12.8. The van der Waals surface area contributed by atoms with Gasteiger partial charge in [0.25, 0.3) is 5.91 Å². The number of hydrogen-bond donors (Lipinski definition) is 0. The van der Waals surface area contributed by atoms with Gasteiger partial charge in [-0.3, -0.25) is 4.79 Å². The molecule has 0 aromatic heterocycles. The van der Waals surface area contributed by atoms with Gasteiger partial charge < -0.3 is 18.6 Å². The average molecular weight is 428 g/mol. The van der Waals surface area contributed by atoms with E-state index in [9.17, 15) is 9.59 Å². The van der Waals surface area contributed by atoms with Gasteiger partial charge in [-0.25, -0.2) is 9.69 Å². The number of ether oxygens (including phenoxy) is 3. The molecule has 29 heavy (non-hydrogen) atoms. The van der Waals surface area contributed by atoms with Crippen LogP contribution in [-0.2, 0) is 23.4 Å². The Hall–Kier alpha value is -1.22. The number of imide groups is 1. The van der Waals surface area contributed by atoms with Crippen LogP contribution in [0.2, 0.25) is 18.1 Å². The molecule has 0 N–H and O–H groups in total. The van der Waals surface area contributed by atoms with Gasteiger partial charge >= 0.3 is 6.09 Å². The molecular weight excluding hydrogens is 390 g/mol. The third kappa shape index (κ3) is 5.68. The lowest BCUT2D eigenvalue weighted by molar-refractivity contribution is -0.153. The summed E-state index contributed by atoms with van der Waals surface area (Å²) in [4.78, 5) is 26.5. The number of hydrogen-bond acceptors (Lipinski definition) is 6. The molecule has 0 saturated carbocycles. The molecule has 0 spiro atoms. The Labute approximate surface area is 175 Å². The fourth-order valence-electron chi connectivity index (χ4n) is 3.03. The van der Waals surface area contributed by atoms with E-state index in [2.05, 4.69) is 33.9 Å². The van der Waals surface area contributed by atoms with Crippen LogP contribution in [0.4, 0.5) is 4.79 Å². The zero-order chi connectivity index (χ0) is 22.4. The van der Waals surface area contributed by atoms with Crippen LogP contribution in [0, 0.1) is 0 Å². The maximum Gasteiger partial charge on any atom is 0.417 e. The molecule has 8 heteroatoms. The van der Waals surface area contributed by atoms with Crippen molar-refractivity contribution in [3.05, 3.63) is 12.2 Å². The van der Waals surface area contributed by atoms with Crippen molar-refractivity contribution in [2.24, 2.45) is 0 Å². The molecule has 166 valence electrons. The summed E-state index contributed by atoms with van der Waals surface area (Å²) in [5, 5.41) is -0.0523. The maximum atomic E-state index is 12.8. The zero-order valence-electron chi connectivity index (χ0n) is 19.5. The molecule has 0 radical (unpaired) electrons. The normalized spacial score (nSPS) is 26.1. The van der Waals surface area contributed by atoms with Crippen molar-refractivity contribution in [1.82, 2.24) is 4.90 Å². The summed E-state index contributed by atoms with van der Waals surface area (Å²) in [5.74, 6) is -1.16. The minimum atomic E-state index is -2.24. The lowest BCUT2D eigenvalue weighted by Crippen LogP contribution is -2.57. The summed E-state index contributed by atoms with van der Waals surface area (Å²) >= 11 is 0. The Morgan fingerprint density at radius 3 is 2.28 bits per heavy atom. The first-order valence-electron chi connectivity index (χ1n) is 10.2. The predicted octanol–water partition coefficient (Wildman–Crippen LogP) is 4.23. The monoisotopic (exact) mass is 427 g/mol. The molecule has 0 bridgehead atoms. The Kier molecular flexibility index (Phi) is 6.46. The van der Waals surface area contributed by atoms with Crippen molar-refractivity contribution >= 4 is 20.3 Å². The fourth-order valence-corrected chi connectivity index (χ4v) is 4.36. The molecule has 7 nitrogen and oxygen atoms in total. The second-order valence-corrected chi connectivity index (χ2v) is 15.5. The smallest absolute Gasteiger partial charge is 0.417 e. The molecule has 2 aliphatic rings. The van der Waals surface area contributed by atoms with Crippen molar-refractivity contribution < 1.29 is 28.2 Å². The minimum Gasteiger partial charge on any atom is -0.443 e. The summed E-state index contributed by atoms with van der Waals surface area (Å²) in [7, 11) is -2.24. The standard InChI is InChI=1S/C21H37NO6Si/c1-19(2,3)27-18(24)22-14(11-12-16(22)23)17(15-13-25-21(7,8)26-15)28-29(9,10)20(4,5)6/h11-12,14-15,17H,13H2,1-10H3/t14-,15+,17-/m0/s1. The van der Waals surface area contributed by atoms with E-state index in [0.29, 0.717) is 6.61 Å². The van der Waals surface area contributed by atoms with Crippen molar-refractivity contribution in [2.75, 3.05) is 6.61 Å². The first-order valence-corrected chi connectivity index (χ1v) is 13.1. The molecule has 0 unspecified atom stereocenters. The first kappa shape index (κ1) is 24.1. The molecule has 1 saturated heterocycles. The Morgan fingerprint density at radius 2 is 1.83 bits per heavy atom. The molecular formula is C21H37NO6Si. The largest absolute Gasteiger partial charge is 0.443 e. The SMILES string of the molecule is CC(C)(C)OC(=O)N1C(=O)C=C[C@H]1[C@H](O[Si](C)(C)C(C)(C)C)[C@H]1COC(C)(C)O1. The molecule has 0 aromatic carbocycles. The molecule has 2 rings (SSSR count). The van der Waals surface area contributed by atoms with Gasteiger partial charge in [0, 0.05) is 6.08 Å². The predicted molar refractivity (Wildman–Crippen MR) is 113 cm³/mol. The molecule has 2 amide bonds. The molecule has 0 aliphatic carbocycles. The van der Waals surface area contributed by atoms with E-state index in [1.54, 1.807) is 26.8 Å². The van der Waals surface area contributed by atoms with Crippen LogP contribution in [0.1, 0.15) is 55.4 Å². The van der Waals surface area contributed by atoms with Gasteiger partial charge in [0.05, 0.1) is 18.8 Å². The Balaban J connectivity index is 2.37. The first-order chi connectivity index (χ1) is 12.9. The summed E-state index contributed by atoms with van der Waals surface area (Å²) < 4.78 is 24.1. The lowest BCUT2D eigenvalue weighted by atomic mass is 10.1. The molecule has 1 fully saturated rings. The second kappa shape index (κ2) is 7.79. The van der Waals surface area contributed by atoms with E-state index in [4.69, 9.17) is 18.6 Å². The quantitative estimate of drug-likeness (QED) is 0.625. The summed E-state index contributed by atoms with van der Waals surface area (Å²) in [6, 6.07) is -0.617. The van der Waals surface area contributed by atoms with Crippen molar-refractivity contribution in [3.8, 4) is 0 Å². The topological polar surface area (TPSA) is 74.3 Å². The Bertz CT molecular complexity index is 674. The van der Waals surface area contributed by atoms with E-state index >= 15 is 0 Å². The van der Waals surface area contributed by atoms with Gasteiger partial charge in [-0.15, -0.1) is 0 Å². The summed E-state index contributed by atoms with van der Waals surface area (Å²) in [5.41, 5.74) is -0.713. The fraction of sp³-hybridized carbons (Fsp3) is 0.810. The lowest BCUT2D eigenvalue weighted by Gasteiger charge is -2.43. The van der Waals surface area contributed by atoms with Crippen LogP contribution < -0.4 is 0 Å². The van der Waals surface area contributed by atoms with Gasteiger partial charge in [0.2, 0.25) is 0 Å². The minimum absolute atomic E-state index is 0.0523. The molecule has 2 aliphatic heterocycles. The summed E-state index contributed by atoms with van der Waals surface area (Å²) in [6.07, 6.45) is 1.47. The third-order valence-electron chi connectivity index (χ3n) is 5.53. The second-order valence-electron chi connectivity index (χ2n) is 10.7. The highest BCUT2D eigenvalue weighted by atomic mass is 28.4. The molecule has 2 heterocycles. The highest BCUT2D eigenvalue weighted by molar-refractivity contribution is 6.74. The number of nitrogens with zero attached hydrogens (tertiary/aromatic N) is 1. The molecule has 3 atom stereocenters. The van der Waals surface area contributed by atoms with Crippen LogP contribution in [0.25, 0.3) is 0 Å². The van der Waals surface area contributed by atoms with Crippen LogP contribution in [0.3, 0.4) is 0 Å². The van der Waals surface area contributed by atoms with E-state index in [-0.39, 0.29) is 5.04 Å². The summed E-state index contributed by atoms with van der Waals surface area (Å²) in [6.45, 7) is 20.0. The highest BCUT2D eigenvalue weighted by Gasteiger charge is 2.50. The van der Waals surface area contributed by atoms with Crippen LogP contribution in [0.15, 0.2) is 12.2 Å². The van der Waals surface area contributed by atoms with Gasteiger partial charge in [0.1, 0.15) is 11.7 Å². The van der Waals surface area contributed by atoms with Crippen LogP contribution in [-0.4, -0.2) is 61.5 Å². The van der Waals surface area contributed by atoms with Gasteiger partial charge in [-0.2, -0.15) is 0 Å². The number of carbonyl (C=O) groups is 2. The van der Waals surface area contributed by atoms with Gasteiger partial charge in [0.15, 0.2) is 14.1 Å². The Morgan fingerprint density at radius 1 is 1.24 bits per heavy atom. The third-order valence-corrected chi connectivity index (χ3v) is 10.0.